The average Bonchev–Trinajstić information content (AvgIpc) is 3.32. The highest BCUT2D eigenvalue weighted by atomic mass is 19.4. The van der Waals surface area contributed by atoms with Crippen LogP contribution in [0.4, 0.5) is 13.2 Å². The minimum atomic E-state index is -5.08. The van der Waals surface area contributed by atoms with Gasteiger partial charge in [-0.25, -0.2) is 4.79 Å². The van der Waals surface area contributed by atoms with Crippen molar-refractivity contribution >= 4 is 11.9 Å². The molecular formula is C25H31F3N4O5. The Bertz CT molecular complexity index is 1120. The highest BCUT2D eigenvalue weighted by Crippen LogP contribution is 2.50. The first-order valence-electron chi connectivity index (χ1n) is 12.2. The molecule has 12 heteroatoms. The van der Waals surface area contributed by atoms with Crippen LogP contribution in [0, 0.1) is 0 Å². The number of rotatable bonds is 3. The second kappa shape index (κ2) is 10.7. The predicted molar refractivity (Wildman–Crippen MR) is 127 cm³/mol. The quantitative estimate of drug-likeness (QED) is 0.658. The fraction of sp³-hybridized carbons (Fsp3) is 0.560. The Labute approximate surface area is 212 Å². The van der Waals surface area contributed by atoms with Gasteiger partial charge in [0.1, 0.15) is 18.0 Å². The number of amides is 1. The van der Waals surface area contributed by atoms with Crippen molar-refractivity contribution in [1.29, 1.82) is 0 Å². The summed E-state index contributed by atoms with van der Waals surface area (Å²) in [5.41, 5.74) is 3.10. The first-order valence-corrected chi connectivity index (χ1v) is 12.2. The van der Waals surface area contributed by atoms with Gasteiger partial charge in [0.15, 0.2) is 0 Å². The van der Waals surface area contributed by atoms with Gasteiger partial charge in [-0.2, -0.15) is 18.3 Å². The maximum Gasteiger partial charge on any atom is 0.490 e. The van der Waals surface area contributed by atoms with Gasteiger partial charge < -0.3 is 24.4 Å². The van der Waals surface area contributed by atoms with Crippen LogP contribution in [0.2, 0.25) is 0 Å². The molecule has 0 atom stereocenters. The topological polar surface area (TPSA) is 97.1 Å². The molecule has 0 radical (unpaired) electrons. The second-order valence-corrected chi connectivity index (χ2v) is 9.60. The number of likely N-dealkylation sites (tertiary alicyclic amines) is 2. The van der Waals surface area contributed by atoms with E-state index in [0.29, 0.717) is 19.1 Å². The Morgan fingerprint density at radius 3 is 2.38 bits per heavy atom. The van der Waals surface area contributed by atoms with Crippen LogP contribution in [0.1, 0.15) is 37.3 Å². The number of aromatic nitrogens is 2. The molecule has 0 bridgehead atoms. The maximum absolute atomic E-state index is 12.3. The van der Waals surface area contributed by atoms with E-state index in [9.17, 15) is 18.0 Å². The van der Waals surface area contributed by atoms with Gasteiger partial charge in [0, 0.05) is 44.2 Å². The molecule has 9 nitrogen and oxygen atoms in total. The van der Waals surface area contributed by atoms with Crippen LogP contribution in [-0.2, 0) is 19.9 Å². The van der Waals surface area contributed by atoms with Crippen LogP contribution in [0.3, 0.4) is 0 Å². The maximum atomic E-state index is 12.3. The Morgan fingerprint density at radius 2 is 1.78 bits per heavy atom. The lowest BCUT2D eigenvalue weighted by atomic mass is 9.80. The summed E-state index contributed by atoms with van der Waals surface area (Å²) < 4.78 is 45.7. The van der Waals surface area contributed by atoms with Crippen LogP contribution in [0.25, 0.3) is 11.3 Å². The summed E-state index contributed by atoms with van der Waals surface area (Å²) in [6.07, 6.45) is 0.696. The SMILES string of the molecule is COCC(=O)N1CCC2(CC1)Oc1ccccc1-c1c2cnn1C1CCN(C)CC1.O=C(O)C(F)(F)F. The molecule has 0 aliphatic carbocycles. The van der Waals surface area contributed by atoms with Crippen molar-refractivity contribution in [1.82, 2.24) is 19.6 Å². The van der Waals surface area contributed by atoms with E-state index < -0.39 is 17.7 Å². The van der Waals surface area contributed by atoms with E-state index in [1.54, 1.807) is 7.11 Å². The Kier molecular flexibility index (Phi) is 7.79. The lowest BCUT2D eigenvalue weighted by Crippen LogP contribution is -2.49. The molecule has 2 aromatic rings. The second-order valence-electron chi connectivity index (χ2n) is 9.60. The van der Waals surface area contributed by atoms with E-state index in [1.807, 2.05) is 17.2 Å². The van der Waals surface area contributed by atoms with Crippen molar-refractivity contribution in [3.63, 3.8) is 0 Å². The molecule has 5 rings (SSSR count). The van der Waals surface area contributed by atoms with Crippen molar-refractivity contribution in [2.24, 2.45) is 0 Å². The number of methoxy groups -OCH3 is 1. The van der Waals surface area contributed by atoms with Gasteiger partial charge in [-0.3, -0.25) is 9.48 Å². The number of carboxylic acids is 1. The van der Waals surface area contributed by atoms with Gasteiger partial charge in [0.25, 0.3) is 0 Å². The Balaban J connectivity index is 0.000000405. The number of nitrogens with zero attached hydrogens (tertiary/aromatic N) is 4. The molecule has 4 heterocycles. The number of aliphatic carboxylic acids is 1. The standard InChI is InChI=1S/C23H30N4O3.C2HF3O2/c1-25-11-7-17(8-12-25)27-22-18-5-3-4-6-20(18)30-23(19(22)15-24-27)9-13-26(14-10-23)21(28)16-29-2;3-2(4,5)1(6)7/h3-6,15,17H,7-14,16H2,1-2H3;(H,6,7). The third-order valence-electron chi connectivity index (χ3n) is 7.20. The molecule has 2 saturated heterocycles. The number of carboxylic acid groups (broad SMARTS) is 1. The van der Waals surface area contributed by atoms with Gasteiger partial charge in [0.05, 0.1) is 17.9 Å². The van der Waals surface area contributed by atoms with Crippen LogP contribution >= 0.6 is 0 Å². The number of hydrogen-bond donors (Lipinski definition) is 1. The van der Waals surface area contributed by atoms with Gasteiger partial charge >= 0.3 is 12.1 Å². The van der Waals surface area contributed by atoms with Gasteiger partial charge in [-0.05, 0) is 45.1 Å². The van der Waals surface area contributed by atoms with Gasteiger partial charge in [-0.15, -0.1) is 0 Å². The zero-order valence-electron chi connectivity index (χ0n) is 20.8. The number of benzene rings is 1. The third-order valence-corrected chi connectivity index (χ3v) is 7.20. The summed E-state index contributed by atoms with van der Waals surface area (Å²) in [5, 5.41) is 12.0. The lowest BCUT2D eigenvalue weighted by molar-refractivity contribution is -0.192. The van der Waals surface area contributed by atoms with Crippen molar-refractivity contribution in [3.8, 4) is 17.0 Å². The molecule has 3 aliphatic rings. The molecule has 37 heavy (non-hydrogen) atoms. The summed E-state index contributed by atoms with van der Waals surface area (Å²) in [7, 11) is 3.75. The van der Waals surface area contributed by atoms with E-state index in [1.165, 1.54) is 11.3 Å². The van der Waals surface area contributed by atoms with Crippen LogP contribution in [-0.4, -0.2) is 89.7 Å². The number of carbonyl (C=O) groups is 2. The smallest absolute Gasteiger partial charge is 0.482 e. The normalized spacial score (nSPS) is 19.3. The first kappa shape index (κ1) is 26.9. The predicted octanol–water partition coefficient (Wildman–Crippen LogP) is 3.31. The number of halogens is 3. The van der Waals surface area contributed by atoms with Crippen molar-refractivity contribution < 1.29 is 37.3 Å². The van der Waals surface area contributed by atoms with E-state index in [2.05, 4.69) is 34.8 Å². The number of carbonyl (C=O) groups excluding carboxylic acids is 1. The molecule has 1 aromatic heterocycles. The van der Waals surface area contributed by atoms with Gasteiger partial charge in [0.2, 0.25) is 5.91 Å². The Hall–Kier alpha value is -3.12. The van der Waals surface area contributed by atoms with Crippen LogP contribution in [0.15, 0.2) is 30.5 Å². The zero-order valence-corrected chi connectivity index (χ0v) is 20.8. The summed E-state index contributed by atoms with van der Waals surface area (Å²) in [5.74, 6) is -1.78. The van der Waals surface area contributed by atoms with E-state index in [-0.39, 0.29) is 12.5 Å². The number of alkyl halides is 3. The monoisotopic (exact) mass is 524 g/mol. The minimum Gasteiger partial charge on any atom is -0.482 e. The number of para-hydroxylation sites is 1. The lowest BCUT2D eigenvalue weighted by Gasteiger charge is -2.44. The van der Waals surface area contributed by atoms with Crippen molar-refractivity contribution in [2.45, 2.75) is 43.5 Å². The molecule has 1 amide bonds. The number of ether oxygens (including phenoxy) is 2. The van der Waals surface area contributed by atoms with Crippen LogP contribution < -0.4 is 4.74 Å². The molecule has 2 fully saturated rings. The number of hydrogen-bond acceptors (Lipinski definition) is 6. The van der Waals surface area contributed by atoms with Gasteiger partial charge in [-0.1, -0.05) is 12.1 Å². The number of piperidine rings is 2. The summed E-state index contributed by atoms with van der Waals surface area (Å²) in [6.45, 7) is 3.67. The first-order chi connectivity index (χ1) is 17.6. The molecule has 1 aromatic carbocycles. The van der Waals surface area contributed by atoms with Crippen LogP contribution in [0.5, 0.6) is 5.75 Å². The van der Waals surface area contributed by atoms with Crippen molar-refractivity contribution in [3.05, 3.63) is 36.0 Å². The number of fused-ring (bicyclic) bond motifs is 4. The molecule has 1 N–H and O–H groups in total. The summed E-state index contributed by atoms with van der Waals surface area (Å²) in [6, 6.07) is 8.73. The average molecular weight is 525 g/mol. The molecule has 1 spiro atoms. The molecule has 3 aliphatic heterocycles. The highest BCUT2D eigenvalue weighted by Gasteiger charge is 2.46. The van der Waals surface area contributed by atoms with E-state index in [0.717, 1.165) is 50.1 Å². The van der Waals surface area contributed by atoms with E-state index in [4.69, 9.17) is 24.5 Å². The minimum absolute atomic E-state index is 0.0470. The Morgan fingerprint density at radius 1 is 1.16 bits per heavy atom. The summed E-state index contributed by atoms with van der Waals surface area (Å²) >= 11 is 0. The fourth-order valence-electron chi connectivity index (χ4n) is 5.20. The molecular weight excluding hydrogens is 493 g/mol. The third kappa shape index (κ3) is 5.59. The zero-order chi connectivity index (χ0) is 26.8. The highest BCUT2D eigenvalue weighted by molar-refractivity contribution is 5.78. The molecule has 0 saturated carbocycles. The largest absolute Gasteiger partial charge is 0.490 e. The van der Waals surface area contributed by atoms with E-state index >= 15 is 0 Å². The molecule has 202 valence electrons. The van der Waals surface area contributed by atoms with Crippen molar-refractivity contribution in [2.75, 3.05) is 46.9 Å². The molecule has 0 unspecified atom stereocenters. The fourth-order valence-corrected chi connectivity index (χ4v) is 5.20. The summed E-state index contributed by atoms with van der Waals surface area (Å²) in [4.78, 5) is 25.5.